The molecule has 1 aromatic heterocycles. The average molecular weight is 195 g/mol. The minimum Gasteiger partial charge on any atom is -0.396 e. The Labute approximate surface area is 84.4 Å². The largest absolute Gasteiger partial charge is 0.396 e. The monoisotopic (exact) mass is 195 g/mol. The van der Waals surface area contributed by atoms with Crippen LogP contribution in [0, 0.1) is 6.92 Å². The molecule has 0 fully saturated rings. The molecular weight excluding hydrogens is 178 g/mol. The normalized spacial score (nSPS) is 12.6. The van der Waals surface area contributed by atoms with Gasteiger partial charge in [0.1, 0.15) is 0 Å². The quantitative estimate of drug-likeness (QED) is 0.748. The van der Waals surface area contributed by atoms with Crippen molar-refractivity contribution in [3.63, 3.8) is 0 Å². The van der Waals surface area contributed by atoms with E-state index in [4.69, 9.17) is 5.73 Å². The lowest BCUT2D eigenvalue weighted by molar-refractivity contribution is 0.201. The Morgan fingerprint density at radius 2 is 2.29 bits per heavy atom. The Kier molecular flexibility index (Phi) is 3.30. The third kappa shape index (κ3) is 2.35. The van der Waals surface area contributed by atoms with Gasteiger partial charge in [0.05, 0.1) is 11.8 Å². The fraction of sp³-hybridized carbons (Fsp3) is 0.500. The van der Waals surface area contributed by atoms with Crippen LogP contribution in [0.4, 0.5) is 11.5 Å². The fourth-order valence-corrected chi connectivity index (χ4v) is 1.34. The second-order valence-corrected chi connectivity index (χ2v) is 3.59. The fourth-order valence-electron chi connectivity index (χ4n) is 1.34. The number of pyridine rings is 1. The predicted molar refractivity (Wildman–Crippen MR) is 58.3 cm³/mol. The zero-order valence-electron chi connectivity index (χ0n) is 8.86. The second kappa shape index (κ2) is 4.28. The first-order valence-corrected chi connectivity index (χ1v) is 4.62. The van der Waals surface area contributed by atoms with Crippen molar-refractivity contribution >= 4 is 11.5 Å². The van der Waals surface area contributed by atoms with Crippen LogP contribution in [0.15, 0.2) is 12.3 Å². The molecule has 4 heteroatoms. The SMILES string of the molecule is Cc1ccnc(N(C)CC(C)O)c1N. The van der Waals surface area contributed by atoms with Crippen LogP contribution in [0.5, 0.6) is 0 Å². The minimum atomic E-state index is -0.387. The molecule has 0 spiro atoms. The van der Waals surface area contributed by atoms with Crippen LogP contribution in [-0.4, -0.2) is 29.8 Å². The maximum atomic E-state index is 9.23. The van der Waals surface area contributed by atoms with Gasteiger partial charge < -0.3 is 15.7 Å². The molecule has 0 radical (unpaired) electrons. The smallest absolute Gasteiger partial charge is 0.151 e. The van der Waals surface area contributed by atoms with Crippen LogP contribution in [-0.2, 0) is 0 Å². The van der Waals surface area contributed by atoms with Crippen molar-refractivity contribution in [3.8, 4) is 0 Å². The molecule has 0 aliphatic heterocycles. The van der Waals surface area contributed by atoms with Gasteiger partial charge in [-0.1, -0.05) is 0 Å². The Balaban J connectivity index is 2.89. The van der Waals surface area contributed by atoms with Gasteiger partial charge in [0.25, 0.3) is 0 Å². The van der Waals surface area contributed by atoms with Gasteiger partial charge >= 0.3 is 0 Å². The lowest BCUT2D eigenvalue weighted by atomic mass is 10.2. The second-order valence-electron chi connectivity index (χ2n) is 3.59. The summed E-state index contributed by atoms with van der Waals surface area (Å²) >= 11 is 0. The third-order valence-corrected chi connectivity index (χ3v) is 2.09. The van der Waals surface area contributed by atoms with Crippen molar-refractivity contribution in [1.82, 2.24) is 4.98 Å². The van der Waals surface area contributed by atoms with Crippen LogP contribution in [0.1, 0.15) is 12.5 Å². The molecule has 4 nitrogen and oxygen atoms in total. The summed E-state index contributed by atoms with van der Waals surface area (Å²) in [6.45, 7) is 4.21. The van der Waals surface area contributed by atoms with Crippen molar-refractivity contribution < 1.29 is 5.11 Å². The zero-order valence-corrected chi connectivity index (χ0v) is 8.86. The van der Waals surface area contributed by atoms with Crippen molar-refractivity contribution in [3.05, 3.63) is 17.8 Å². The van der Waals surface area contributed by atoms with Crippen molar-refractivity contribution in [2.24, 2.45) is 0 Å². The Morgan fingerprint density at radius 3 is 2.86 bits per heavy atom. The highest BCUT2D eigenvalue weighted by Crippen LogP contribution is 2.21. The van der Waals surface area contributed by atoms with Crippen molar-refractivity contribution in [2.75, 3.05) is 24.2 Å². The van der Waals surface area contributed by atoms with E-state index in [1.54, 1.807) is 13.1 Å². The highest BCUT2D eigenvalue weighted by Gasteiger charge is 2.09. The number of likely N-dealkylation sites (N-methyl/N-ethyl adjacent to an activating group) is 1. The van der Waals surface area contributed by atoms with E-state index >= 15 is 0 Å². The first kappa shape index (κ1) is 10.8. The molecule has 0 aliphatic carbocycles. The minimum absolute atomic E-state index is 0.387. The molecular formula is C10H17N3O. The highest BCUT2D eigenvalue weighted by molar-refractivity contribution is 5.65. The van der Waals surface area contributed by atoms with Crippen LogP contribution in [0.25, 0.3) is 0 Å². The summed E-state index contributed by atoms with van der Waals surface area (Å²) in [7, 11) is 1.87. The third-order valence-electron chi connectivity index (χ3n) is 2.09. The molecule has 0 bridgehead atoms. The molecule has 0 amide bonds. The lowest BCUT2D eigenvalue weighted by Crippen LogP contribution is -2.28. The first-order chi connectivity index (χ1) is 6.52. The maximum absolute atomic E-state index is 9.23. The molecule has 1 rings (SSSR count). The molecule has 0 aliphatic rings. The van der Waals surface area contributed by atoms with Gasteiger partial charge in [0.2, 0.25) is 0 Å². The number of nitrogen functional groups attached to an aromatic ring is 1. The number of aromatic nitrogens is 1. The van der Waals surface area contributed by atoms with Gasteiger partial charge in [0, 0.05) is 19.8 Å². The summed E-state index contributed by atoms with van der Waals surface area (Å²) < 4.78 is 0. The number of hydrogen-bond acceptors (Lipinski definition) is 4. The van der Waals surface area contributed by atoms with Gasteiger partial charge in [-0.3, -0.25) is 0 Å². The van der Waals surface area contributed by atoms with E-state index in [2.05, 4.69) is 4.98 Å². The number of anilines is 2. The molecule has 0 saturated carbocycles. The predicted octanol–water partition coefficient (Wildman–Crippen LogP) is 0.789. The number of aryl methyl sites for hydroxylation is 1. The number of hydrogen-bond donors (Lipinski definition) is 2. The van der Waals surface area contributed by atoms with E-state index in [9.17, 15) is 5.11 Å². The molecule has 1 heterocycles. The summed E-state index contributed by atoms with van der Waals surface area (Å²) in [5.41, 5.74) is 7.56. The Morgan fingerprint density at radius 1 is 1.64 bits per heavy atom. The molecule has 1 unspecified atom stereocenters. The molecule has 1 aromatic rings. The number of aliphatic hydroxyl groups is 1. The van der Waals surface area contributed by atoms with E-state index in [1.165, 1.54) is 0 Å². The molecule has 14 heavy (non-hydrogen) atoms. The van der Waals surface area contributed by atoms with Crippen LogP contribution >= 0.6 is 0 Å². The van der Waals surface area contributed by atoms with Gasteiger partial charge in [-0.25, -0.2) is 4.98 Å². The van der Waals surface area contributed by atoms with E-state index < -0.39 is 0 Å². The highest BCUT2D eigenvalue weighted by atomic mass is 16.3. The number of rotatable bonds is 3. The van der Waals surface area contributed by atoms with Crippen molar-refractivity contribution in [2.45, 2.75) is 20.0 Å². The van der Waals surface area contributed by atoms with Gasteiger partial charge in [-0.15, -0.1) is 0 Å². The zero-order chi connectivity index (χ0) is 10.7. The van der Waals surface area contributed by atoms with Crippen molar-refractivity contribution in [1.29, 1.82) is 0 Å². The van der Waals surface area contributed by atoms with Gasteiger partial charge in [-0.05, 0) is 25.5 Å². The summed E-state index contributed by atoms with van der Waals surface area (Å²) in [5.74, 6) is 0.728. The van der Waals surface area contributed by atoms with Crippen LogP contribution < -0.4 is 10.6 Å². The molecule has 3 N–H and O–H groups in total. The standard InChI is InChI=1S/C10H17N3O/c1-7-4-5-12-10(9(7)11)13(3)6-8(2)14/h4-5,8,14H,6,11H2,1-3H3. The Bertz CT molecular complexity index is 312. The number of nitrogens with two attached hydrogens (primary N) is 1. The lowest BCUT2D eigenvalue weighted by Gasteiger charge is -2.21. The number of aliphatic hydroxyl groups excluding tert-OH is 1. The maximum Gasteiger partial charge on any atom is 0.151 e. The molecule has 78 valence electrons. The van der Waals surface area contributed by atoms with E-state index in [0.717, 1.165) is 11.4 Å². The molecule has 0 saturated heterocycles. The summed E-state index contributed by atoms with van der Waals surface area (Å²) in [5, 5.41) is 9.23. The van der Waals surface area contributed by atoms with Crippen LogP contribution in [0.3, 0.4) is 0 Å². The average Bonchev–Trinajstić information content (AvgIpc) is 2.08. The Hall–Kier alpha value is -1.29. The summed E-state index contributed by atoms with van der Waals surface area (Å²) in [4.78, 5) is 6.04. The topological polar surface area (TPSA) is 62.4 Å². The first-order valence-electron chi connectivity index (χ1n) is 4.62. The van der Waals surface area contributed by atoms with E-state index in [1.807, 2.05) is 24.9 Å². The van der Waals surface area contributed by atoms with Gasteiger partial charge in [0.15, 0.2) is 5.82 Å². The molecule has 1 atom stereocenters. The van der Waals surface area contributed by atoms with E-state index in [0.29, 0.717) is 12.2 Å². The molecule has 0 aromatic carbocycles. The van der Waals surface area contributed by atoms with Crippen LogP contribution in [0.2, 0.25) is 0 Å². The number of nitrogens with zero attached hydrogens (tertiary/aromatic N) is 2. The van der Waals surface area contributed by atoms with E-state index in [-0.39, 0.29) is 6.10 Å². The van der Waals surface area contributed by atoms with Gasteiger partial charge in [-0.2, -0.15) is 0 Å². The summed E-state index contributed by atoms with van der Waals surface area (Å²) in [6.07, 6.45) is 1.33. The summed E-state index contributed by atoms with van der Waals surface area (Å²) in [6, 6.07) is 1.87.